The molecule has 1 aromatic carbocycles. The van der Waals surface area contributed by atoms with Crippen LogP contribution in [0, 0.1) is 10.1 Å². The molecule has 1 aliphatic carbocycles. The number of nitrogens with one attached hydrogen (secondary N) is 2. The molecule has 7 nitrogen and oxygen atoms in total. The molecule has 24 heavy (non-hydrogen) atoms. The van der Waals surface area contributed by atoms with Crippen LogP contribution < -0.4 is 5.32 Å². The Morgan fingerprint density at radius 3 is 2.79 bits per heavy atom. The van der Waals surface area contributed by atoms with E-state index in [2.05, 4.69) is 10.3 Å². The van der Waals surface area contributed by atoms with Gasteiger partial charge in [0.1, 0.15) is 11.6 Å². The summed E-state index contributed by atoms with van der Waals surface area (Å²) in [6, 6.07) is 3.63. The van der Waals surface area contributed by atoms with Crippen molar-refractivity contribution in [3.63, 3.8) is 0 Å². The van der Waals surface area contributed by atoms with E-state index in [0.717, 1.165) is 29.5 Å². The number of H-pyrrole nitrogens is 1. The number of fused-ring (bicyclic) bond motifs is 1. The van der Waals surface area contributed by atoms with Crippen LogP contribution in [0.4, 0.5) is 11.4 Å². The van der Waals surface area contributed by atoms with Gasteiger partial charge in [0.15, 0.2) is 0 Å². The second kappa shape index (κ2) is 6.90. The van der Waals surface area contributed by atoms with Gasteiger partial charge in [-0.25, -0.2) is 0 Å². The van der Waals surface area contributed by atoms with E-state index in [1.165, 1.54) is 25.3 Å². The van der Waals surface area contributed by atoms with Crippen molar-refractivity contribution >= 4 is 28.7 Å². The van der Waals surface area contributed by atoms with Gasteiger partial charge in [0, 0.05) is 34.9 Å². The van der Waals surface area contributed by atoms with Crippen molar-refractivity contribution in [1.82, 2.24) is 4.98 Å². The molecule has 2 N–H and O–H groups in total. The van der Waals surface area contributed by atoms with Crippen LogP contribution in [0.25, 0.3) is 10.9 Å². The Labute approximate surface area is 139 Å². The molecule has 1 unspecified atom stereocenters. The fraction of sp³-hybridized carbons (Fsp3) is 0.471. The zero-order valence-electron chi connectivity index (χ0n) is 13.6. The Balaban J connectivity index is 2.06. The van der Waals surface area contributed by atoms with E-state index in [1.54, 1.807) is 19.2 Å². The number of non-ortho nitro benzene ring substituents is 1. The largest absolute Gasteiger partial charge is 0.460 e. The normalized spacial score (nSPS) is 16.7. The molecule has 0 aliphatic heterocycles. The van der Waals surface area contributed by atoms with E-state index in [-0.39, 0.29) is 5.69 Å². The highest BCUT2D eigenvalue weighted by Gasteiger charge is 2.23. The molecule has 1 aromatic heterocycles. The van der Waals surface area contributed by atoms with Gasteiger partial charge in [0.05, 0.1) is 4.92 Å². The summed E-state index contributed by atoms with van der Waals surface area (Å²) in [7, 11) is 0. The van der Waals surface area contributed by atoms with Gasteiger partial charge in [0.2, 0.25) is 0 Å². The lowest BCUT2D eigenvalue weighted by atomic mass is 9.95. The highest BCUT2D eigenvalue weighted by atomic mass is 16.6. The van der Waals surface area contributed by atoms with Crippen LogP contribution in [0.5, 0.6) is 0 Å². The lowest BCUT2D eigenvalue weighted by molar-refractivity contribution is -0.383. The van der Waals surface area contributed by atoms with Crippen molar-refractivity contribution in [3.8, 4) is 0 Å². The summed E-state index contributed by atoms with van der Waals surface area (Å²) in [6.07, 6.45) is 7.03. The maximum Gasteiger partial charge on any atom is 0.293 e. The summed E-state index contributed by atoms with van der Waals surface area (Å²) in [6.45, 7) is 2.15. The minimum absolute atomic E-state index is 0.0174. The monoisotopic (exact) mass is 331 g/mol. The van der Waals surface area contributed by atoms with Gasteiger partial charge in [-0.15, -0.1) is 0 Å². The first kappa shape index (κ1) is 16.3. The van der Waals surface area contributed by atoms with Crippen LogP contribution in [0.1, 0.15) is 50.7 Å². The predicted octanol–water partition coefficient (Wildman–Crippen LogP) is 4.05. The van der Waals surface area contributed by atoms with E-state index >= 15 is 0 Å². The second-order valence-corrected chi connectivity index (χ2v) is 6.24. The van der Waals surface area contributed by atoms with Crippen LogP contribution in [-0.4, -0.2) is 22.4 Å². The maximum absolute atomic E-state index is 11.3. The van der Waals surface area contributed by atoms with Crippen molar-refractivity contribution in [2.45, 2.75) is 51.2 Å². The molecule has 0 saturated heterocycles. The van der Waals surface area contributed by atoms with Gasteiger partial charge in [-0.05, 0) is 25.8 Å². The first-order chi connectivity index (χ1) is 11.6. The van der Waals surface area contributed by atoms with E-state index in [1.807, 2.05) is 0 Å². The molecule has 2 aromatic rings. The number of carbonyl (C=O) groups excluding carboxylic acids is 1. The molecule has 1 saturated carbocycles. The third-order valence-electron chi connectivity index (χ3n) is 4.70. The fourth-order valence-corrected chi connectivity index (χ4v) is 3.48. The van der Waals surface area contributed by atoms with Crippen molar-refractivity contribution in [1.29, 1.82) is 0 Å². The first-order valence-electron chi connectivity index (χ1n) is 8.26. The summed E-state index contributed by atoms with van der Waals surface area (Å²) in [5.74, 6) is 0. The fourth-order valence-electron chi connectivity index (χ4n) is 3.48. The number of aromatic amines is 1. The molecule has 0 amide bonds. The Hall–Kier alpha value is -2.57. The molecule has 128 valence electrons. The number of anilines is 1. The average molecular weight is 331 g/mol. The molecule has 1 heterocycles. The third-order valence-corrected chi connectivity index (χ3v) is 4.70. The van der Waals surface area contributed by atoms with E-state index < -0.39 is 11.0 Å². The molecule has 7 heteroatoms. The van der Waals surface area contributed by atoms with Gasteiger partial charge in [-0.3, -0.25) is 14.9 Å². The Morgan fingerprint density at radius 1 is 1.38 bits per heavy atom. The highest BCUT2D eigenvalue weighted by Crippen LogP contribution is 2.37. The summed E-state index contributed by atoms with van der Waals surface area (Å²) in [5, 5.41) is 15.6. The first-order valence-corrected chi connectivity index (χ1v) is 8.26. The number of hydrogen-bond acceptors (Lipinski definition) is 5. The Bertz CT molecular complexity index is 750. The standard InChI is InChI=1S/C17H21N3O4/c1-11(24-10-21)13-9-18-17-15(20(22)23)8-7-14(16(13)17)19-12-5-3-2-4-6-12/h7-12,18-19H,2-6H2,1H3. The average Bonchev–Trinajstić information content (AvgIpc) is 3.01. The van der Waals surface area contributed by atoms with Crippen LogP contribution in [0.2, 0.25) is 0 Å². The smallest absolute Gasteiger partial charge is 0.293 e. The van der Waals surface area contributed by atoms with Crippen LogP contribution >= 0.6 is 0 Å². The molecule has 1 fully saturated rings. The molecule has 3 rings (SSSR count). The van der Waals surface area contributed by atoms with Gasteiger partial charge < -0.3 is 15.0 Å². The van der Waals surface area contributed by atoms with Crippen molar-refractivity contribution in [3.05, 3.63) is 34.0 Å². The number of carbonyl (C=O) groups is 1. The molecule has 0 spiro atoms. The Morgan fingerprint density at radius 2 is 2.12 bits per heavy atom. The predicted molar refractivity (Wildman–Crippen MR) is 91.0 cm³/mol. The van der Waals surface area contributed by atoms with E-state index in [4.69, 9.17) is 4.74 Å². The SMILES string of the molecule is CC(OC=O)c1c[nH]c2c([N+](=O)[O-])ccc(NC3CCCCC3)c12. The van der Waals surface area contributed by atoms with E-state index in [0.29, 0.717) is 18.0 Å². The van der Waals surface area contributed by atoms with E-state index in [9.17, 15) is 14.9 Å². The molecular weight excluding hydrogens is 310 g/mol. The number of aromatic nitrogens is 1. The van der Waals surface area contributed by atoms with Gasteiger partial charge in [-0.1, -0.05) is 19.3 Å². The minimum Gasteiger partial charge on any atom is -0.460 e. The number of nitro groups is 1. The number of benzene rings is 1. The molecule has 0 bridgehead atoms. The second-order valence-electron chi connectivity index (χ2n) is 6.24. The van der Waals surface area contributed by atoms with Crippen molar-refractivity contribution in [2.24, 2.45) is 0 Å². The van der Waals surface area contributed by atoms with Gasteiger partial charge in [-0.2, -0.15) is 0 Å². The van der Waals surface area contributed by atoms with Crippen LogP contribution in [0.3, 0.4) is 0 Å². The number of ether oxygens (including phenoxy) is 1. The van der Waals surface area contributed by atoms with Crippen molar-refractivity contribution < 1.29 is 14.5 Å². The van der Waals surface area contributed by atoms with Gasteiger partial charge in [0.25, 0.3) is 12.2 Å². The number of rotatable bonds is 6. The maximum atomic E-state index is 11.3. The minimum atomic E-state index is -0.481. The number of nitro benzene ring substituents is 1. The molecule has 0 radical (unpaired) electrons. The summed E-state index contributed by atoms with van der Waals surface area (Å²) < 4.78 is 5.04. The summed E-state index contributed by atoms with van der Waals surface area (Å²) in [4.78, 5) is 24.5. The van der Waals surface area contributed by atoms with Gasteiger partial charge >= 0.3 is 0 Å². The third kappa shape index (κ3) is 3.06. The lowest BCUT2D eigenvalue weighted by Crippen LogP contribution is -2.22. The van der Waals surface area contributed by atoms with Crippen LogP contribution in [0.15, 0.2) is 18.3 Å². The Kier molecular flexibility index (Phi) is 4.69. The number of hydrogen-bond donors (Lipinski definition) is 2. The summed E-state index contributed by atoms with van der Waals surface area (Å²) >= 11 is 0. The van der Waals surface area contributed by atoms with Crippen LogP contribution in [-0.2, 0) is 9.53 Å². The summed E-state index contributed by atoms with van der Waals surface area (Å²) in [5.41, 5.74) is 2.06. The molecular formula is C17H21N3O4. The molecule has 1 atom stereocenters. The number of nitrogens with zero attached hydrogens (tertiary/aromatic N) is 1. The molecule has 1 aliphatic rings. The quantitative estimate of drug-likeness (QED) is 0.473. The zero-order valence-corrected chi connectivity index (χ0v) is 13.6. The topological polar surface area (TPSA) is 97.3 Å². The lowest BCUT2D eigenvalue weighted by Gasteiger charge is -2.24. The highest BCUT2D eigenvalue weighted by molar-refractivity contribution is 6.00. The van der Waals surface area contributed by atoms with Crippen molar-refractivity contribution in [2.75, 3.05) is 5.32 Å². The zero-order chi connectivity index (χ0) is 17.1.